The van der Waals surface area contributed by atoms with Crippen LogP contribution in [0.5, 0.6) is 5.88 Å². The lowest BCUT2D eigenvalue weighted by molar-refractivity contribution is -0.140. The molecule has 2 aromatic heterocycles. The maximum absolute atomic E-state index is 12.7. The Labute approximate surface area is 189 Å². The third-order valence-electron chi connectivity index (χ3n) is 6.90. The molecular weight excluding hydrogens is 406 g/mol. The van der Waals surface area contributed by atoms with Crippen molar-refractivity contribution in [2.45, 2.75) is 58.8 Å². The molecule has 8 heteroatoms. The average molecular weight is 442 g/mol. The lowest BCUT2D eigenvalue weighted by Gasteiger charge is -2.35. The van der Waals surface area contributed by atoms with Gasteiger partial charge in [-0.3, -0.25) is 9.59 Å². The van der Waals surface area contributed by atoms with E-state index in [1.54, 1.807) is 9.58 Å². The summed E-state index contributed by atoms with van der Waals surface area (Å²) in [6, 6.07) is 1.99. The minimum Gasteiger partial charge on any atom is -0.466 e. The molecule has 2 aromatic rings. The first-order valence-electron chi connectivity index (χ1n) is 11.9. The van der Waals surface area contributed by atoms with Crippen LogP contribution in [0.1, 0.15) is 56.2 Å². The maximum atomic E-state index is 12.7. The van der Waals surface area contributed by atoms with Crippen LogP contribution in [0.2, 0.25) is 0 Å². The summed E-state index contributed by atoms with van der Waals surface area (Å²) in [6.07, 6.45) is 8.17. The van der Waals surface area contributed by atoms with Gasteiger partial charge in [-0.05, 0) is 37.8 Å². The Kier molecular flexibility index (Phi) is 6.96. The molecule has 32 heavy (non-hydrogen) atoms. The highest BCUT2D eigenvalue weighted by atomic mass is 16.5. The van der Waals surface area contributed by atoms with Crippen LogP contribution in [0.3, 0.4) is 0 Å². The number of aryl methyl sites for hydroxylation is 3. The molecule has 1 saturated heterocycles. The van der Waals surface area contributed by atoms with Gasteiger partial charge in [0, 0.05) is 45.3 Å². The number of rotatable bonds is 6. The zero-order chi connectivity index (χ0) is 22.7. The van der Waals surface area contributed by atoms with Crippen LogP contribution in [-0.2, 0) is 16.6 Å². The molecule has 2 amide bonds. The zero-order valence-corrected chi connectivity index (χ0v) is 19.6. The molecular formula is C24H35N5O3. The van der Waals surface area contributed by atoms with E-state index in [0.29, 0.717) is 38.5 Å². The Morgan fingerprint density at radius 3 is 2.38 bits per heavy atom. The molecule has 8 nitrogen and oxygen atoms in total. The van der Waals surface area contributed by atoms with Crippen molar-refractivity contribution in [1.82, 2.24) is 24.6 Å². The van der Waals surface area contributed by atoms with Crippen molar-refractivity contribution in [3.05, 3.63) is 17.3 Å². The number of hydrogen-bond donors (Lipinski definition) is 0. The molecule has 0 spiro atoms. The first kappa shape index (κ1) is 22.6. The molecule has 0 unspecified atom stereocenters. The molecule has 0 bridgehead atoms. The summed E-state index contributed by atoms with van der Waals surface area (Å²) in [5.41, 5.74) is 2.71. The van der Waals surface area contributed by atoms with Crippen LogP contribution in [0.4, 0.5) is 0 Å². The van der Waals surface area contributed by atoms with E-state index in [4.69, 9.17) is 4.74 Å². The number of aromatic nitrogens is 3. The molecule has 0 atom stereocenters. The second-order valence-electron chi connectivity index (χ2n) is 9.30. The number of carbonyl (C=O) groups excluding carboxylic acids is 2. The highest BCUT2D eigenvalue weighted by Gasteiger charge is 2.25. The number of piperazine rings is 1. The van der Waals surface area contributed by atoms with Gasteiger partial charge in [-0.1, -0.05) is 32.1 Å². The molecule has 1 aliphatic carbocycles. The van der Waals surface area contributed by atoms with E-state index in [9.17, 15) is 9.59 Å². The standard InChI is InChI=1S/C24H35N5O3/c1-17-15-18(2)25-23-22(17)24(26-27(23)3)32-16-21(31)29-13-11-28(12-14-29)20(30)10-9-19-7-5-4-6-8-19/h15,19H,4-14,16H2,1-3H3. The number of pyridine rings is 1. The van der Waals surface area contributed by atoms with Gasteiger partial charge in [-0.25, -0.2) is 9.67 Å². The lowest BCUT2D eigenvalue weighted by atomic mass is 9.86. The van der Waals surface area contributed by atoms with Crippen LogP contribution >= 0.6 is 0 Å². The topological polar surface area (TPSA) is 80.6 Å². The number of fused-ring (bicyclic) bond motifs is 1. The van der Waals surface area contributed by atoms with Crippen molar-refractivity contribution in [3.8, 4) is 5.88 Å². The van der Waals surface area contributed by atoms with Gasteiger partial charge in [0.25, 0.3) is 5.91 Å². The smallest absolute Gasteiger partial charge is 0.260 e. The highest BCUT2D eigenvalue weighted by Crippen LogP contribution is 2.28. The molecule has 0 aromatic carbocycles. The quantitative estimate of drug-likeness (QED) is 0.688. The van der Waals surface area contributed by atoms with E-state index in [0.717, 1.165) is 34.6 Å². The SMILES string of the molecule is Cc1cc(C)c2c(OCC(=O)N3CCN(C(=O)CCC4CCCCC4)CC3)nn(C)c2n1. The minimum atomic E-state index is -0.0733. The van der Waals surface area contributed by atoms with Crippen LogP contribution in [0.25, 0.3) is 11.0 Å². The van der Waals surface area contributed by atoms with E-state index in [1.807, 2.05) is 31.9 Å². The predicted molar refractivity (Wildman–Crippen MR) is 122 cm³/mol. The van der Waals surface area contributed by atoms with Crippen LogP contribution < -0.4 is 4.74 Å². The van der Waals surface area contributed by atoms with E-state index in [2.05, 4.69) is 10.1 Å². The largest absolute Gasteiger partial charge is 0.466 e. The highest BCUT2D eigenvalue weighted by molar-refractivity contribution is 5.86. The van der Waals surface area contributed by atoms with E-state index in [1.165, 1.54) is 32.1 Å². The van der Waals surface area contributed by atoms with E-state index in [-0.39, 0.29) is 18.4 Å². The van der Waals surface area contributed by atoms with Crippen molar-refractivity contribution >= 4 is 22.8 Å². The molecule has 1 aliphatic heterocycles. The van der Waals surface area contributed by atoms with Crippen LogP contribution in [0, 0.1) is 19.8 Å². The van der Waals surface area contributed by atoms with Crippen molar-refractivity contribution in [1.29, 1.82) is 0 Å². The molecule has 3 heterocycles. The Hall–Kier alpha value is -2.64. The Bertz CT molecular complexity index is 972. The Morgan fingerprint density at radius 2 is 1.69 bits per heavy atom. The van der Waals surface area contributed by atoms with Crippen molar-refractivity contribution in [2.24, 2.45) is 13.0 Å². The van der Waals surface area contributed by atoms with Crippen LogP contribution in [0.15, 0.2) is 6.07 Å². The molecule has 1 saturated carbocycles. The summed E-state index contributed by atoms with van der Waals surface area (Å²) in [4.78, 5) is 33.5. The van der Waals surface area contributed by atoms with Gasteiger partial charge in [0.1, 0.15) is 0 Å². The summed E-state index contributed by atoms with van der Waals surface area (Å²) < 4.78 is 7.50. The third kappa shape index (κ3) is 5.05. The molecule has 2 fully saturated rings. The normalized spacial score (nSPS) is 17.7. The number of nitrogens with zero attached hydrogens (tertiary/aromatic N) is 5. The molecule has 174 valence electrons. The fraction of sp³-hybridized carbons (Fsp3) is 0.667. The van der Waals surface area contributed by atoms with Crippen molar-refractivity contribution in [3.63, 3.8) is 0 Å². The second-order valence-corrected chi connectivity index (χ2v) is 9.30. The minimum absolute atomic E-state index is 0.0605. The van der Waals surface area contributed by atoms with Gasteiger partial charge >= 0.3 is 0 Å². The first-order chi connectivity index (χ1) is 15.4. The van der Waals surface area contributed by atoms with Gasteiger partial charge < -0.3 is 14.5 Å². The fourth-order valence-electron chi connectivity index (χ4n) is 5.04. The second kappa shape index (κ2) is 9.88. The van der Waals surface area contributed by atoms with Crippen LogP contribution in [-0.4, -0.2) is 69.2 Å². The number of amides is 2. The summed E-state index contributed by atoms with van der Waals surface area (Å²) in [6.45, 7) is 6.20. The van der Waals surface area contributed by atoms with Gasteiger partial charge in [-0.15, -0.1) is 5.10 Å². The molecule has 0 N–H and O–H groups in total. The van der Waals surface area contributed by atoms with Gasteiger partial charge in [0.05, 0.1) is 5.39 Å². The lowest BCUT2D eigenvalue weighted by Crippen LogP contribution is -2.51. The summed E-state index contributed by atoms with van der Waals surface area (Å²) in [5.74, 6) is 1.32. The molecule has 0 radical (unpaired) electrons. The fourth-order valence-corrected chi connectivity index (χ4v) is 5.04. The van der Waals surface area contributed by atoms with Gasteiger partial charge in [-0.2, -0.15) is 0 Å². The van der Waals surface area contributed by atoms with E-state index >= 15 is 0 Å². The molecule has 4 rings (SSSR count). The Morgan fingerprint density at radius 1 is 1.03 bits per heavy atom. The zero-order valence-electron chi connectivity index (χ0n) is 19.6. The predicted octanol–water partition coefficient (Wildman–Crippen LogP) is 3.00. The van der Waals surface area contributed by atoms with Gasteiger partial charge in [0.15, 0.2) is 12.3 Å². The van der Waals surface area contributed by atoms with Gasteiger partial charge in [0.2, 0.25) is 11.8 Å². The maximum Gasteiger partial charge on any atom is 0.260 e. The van der Waals surface area contributed by atoms with Crippen molar-refractivity contribution < 1.29 is 14.3 Å². The molecule has 2 aliphatic rings. The number of carbonyl (C=O) groups is 2. The summed E-state index contributed by atoms with van der Waals surface area (Å²) in [5, 5.41) is 5.26. The third-order valence-corrected chi connectivity index (χ3v) is 6.90. The Balaban J connectivity index is 1.25. The average Bonchev–Trinajstić information content (AvgIpc) is 3.12. The van der Waals surface area contributed by atoms with E-state index < -0.39 is 0 Å². The first-order valence-corrected chi connectivity index (χ1v) is 11.9. The summed E-state index contributed by atoms with van der Waals surface area (Å²) in [7, 11) is 1.83. The summed E-state index contributed by atoms with van der Waals surface area (Å²) >= 11 is 0. The monoisotopic (exact) mass is 441 g/mol. The number of hydrogen-bond acceptors (Lipinski definition) is 5. The number of ether oxygens (including phenoxy) is 1. The van der Waals surface area contributed by atoms with Crippen molar-refractivity contribution in [2.75, 3.05) is 32.8 Å².